The van der Waals surface area contributed by atoms with Crippen molar-refractivity contribution < 1.29 is 0 Å². The third-order valence-corrected chi connectivity index (χ3v) is 5.17. The fraction of sp³-hybridized carbons (Fsp3) is 1.00. The summed E-state index contributed by atoms with van der Waals surface area (Å²) in [6.45, 7) is 12.2. The maximum absolute atomic E-state index is 3.43. The third kappa shape index (κ3) is 1.62. The van der Waals surface area contributed by atoms with Crippen LogP contribution in [-0.2, 0) is 0 Å². The molecule has 0 radical (unpaired) electrons. The average molecular weight is 210 g/mol. The molecular formula is C13H26N2. The SMILES string of the molecule is CNC1CCCN(C2C(C)(C)C2(C)C)C1. The molecule has 1 heterocycles. The van der Waals surface area contributed by atoms with Gasteiger partial charge in [0, 0.05) is 18.6 Å². The van der Waals surface area contributed by atoms with Crippen LogP contribution in [0.1, 0.15) is 40.5 Å². The Morgan fingerprint density at radius 3 is 2.20 bits per heavy atom. The van der Waals surface area contributed by atoms with Gasteiger partial charge in [-0.25, -0.2) is 0 Å². The van der Waals surface area contributed by atoms with Gasteiger partial charge in [0.05, 0.1) is 0 Å². The lowest BCUT2D eigenvalue weighted by atomic mass is 10.0. The van der Waals surface area contributed by atoms with Crippen LogP contribution in [-0.4, -0.2) is 37.1 Å². The van der Waals surface area contributed by atoms with E-state index in [4.69, 9.17) is 0 Å². The van der Waals surface area contributed by atoms with Crippen LogP contribution in [0.2, 0.25) is 0 Å². The van der Waals surface area contributed by atoms with Crippen molar-refractivity contribution in [2.45, 2.75) is 52.6 Å². The fourth-order valence-corrected chi connectivity index (χ4v) is 3.55. The number of piperidine rings is 1. The van der Waals surface area contributed by atoms with Crippen LogP contribution in [0.15, 0.2) is 0 Å². The Hall–Kier alpha value is -0.0800. The largest absolute Gasteiger partial charge is 0.316 e. The molecule has 2 rings (SSSR count). The number of nitrogens with one attached hydrogen (secondary N) is 1. The van der Waals surface area contributed by atoms with E-state index in [1.165, 1.54) is 25.9 Å². The molecule has 15 heavy (non-hydrogen) atoms. The first-order valence-electron chi connectivity index (χ1n) is 6.32. The smallest absolute Gasteiger partial charge is 0.0210 e. The molecule has 0 spiro atoms. The normalized spacial score (nSPS) is 35.4. The summed E-state index contributed by atoms with van der Waals surface area (Å²) in [4.78, 5) is 2.71. The highest BCUT2D eigenvalue weighted by molar-refractivity contribution is 5.19. The van der Waals surface area contributed by atoms with Gasteiger partial charge in [0.15, 0.2) is 0 Å². The standard InChI is InChI=1S/C13H26N2/c1-12(2)11(13(12,3)4)15-8-6-7-10(9-15)14-5/h10-11,14H,6-9H2,1-5H3. The first-order valence-corrected chi connectivity index (χ1v) is 6.32. The monoisotopic (exact) mass is 210 g/mol. The van der Waals surface area contributed by atoms with E-state index in [2.05, 4.69) is 45.0 Å². The van der Waals surface area contributed by atoms with Gasteiger partial charge in [0.25, 0.3) is 0 Å². The summed E-state index contributed by atoms with van der Waals surface area (Å²) in [6, 6.07) is 1.51. The molecule has 1 N–H and O–H groups in total. The maximum atomic E-state index is 3.43. The summed E-state index contributed by atoms with van der Waals surface area (Å²) < 4.78 is 0. The summed E-state index contributed by atoms with van der Waals surface area (Å²) in [5.41, 5.74) is 1.01. The molecule has 1 unspecified atom stereocenters. The summed E-state index contributed by atoms with van der Waals surface area (Å²) >= 11 is 0. The van der Waals surface area contributed by atoms with Crippen molar-refractivity contribution in [1.82, 2.24) is 10.2 Å². The van der Waals surface area contributed by atoms with E-state index in [0.29, 0.717) is 16.9 Å². The van der Waals surface area contributed by atoms with Gasteiger partial charge in [0.2, 0.25) is 0 Å². The Kier molecular flexibility index (Phi) is 2.63. The Morgan fingerprint density at radius 1 is 1.13 bits per heavy atom. The number of rotatable bonds is 2. The number of hydrogen-bond acceptors (Lipinski definition) is 2. The first-order chi connectivity index (χ1) is 6.91. The van der Waals surface area contributed by atoms with E-state index in [-0.39, 0.29) is 0 Å². The Balaban J connectivity index is 2.01. The average Bonchev–Trinajstić information content (AvgIpc) is 2.58. The minimum Gasteiger partial charge on any atom is -0.316 e. The number of nitrogens with zero attached hydrogens (tertiary/aromatic N) is 1. The van der Waals surface area contributed by atoms with E-state index in [1.807, 2.05) is 0 Å². The Morgan fingerprint density at radius 2 is 1.73 bits per heavy atom. The molecule has 1 atom stereocenters. The van der Waals surface area contributed by atoms with Crippen LogP contribution in [0.5, 0.6) is 0 Å². The Bertz CT molecular complexity index is 231. The molecule has 2 nitrogen and oxygen atoms in total. The molecule has 0 aromatic heterocycles. The number of likely N-dealkylation sites (N-methyl/N-ethyl adjacent to an activating group) is 1. The molecule has 2 heteroatoms. The van der Waals surface area contributed by atoms with Crippen LogP contribution >= 0.6 is 0 Å². The minimum atomic E-state index is 0.503. The topological polar surface area (TPSA) is 15.3 Å². The van der Waals surface area contributed by atoms with Gasteiger partial charge in [-0.15, -0.1) is 0 Å². The third-order valence-electron chi connectivity index (χ3n) is 5.17. The fourth-order valence-electron chi connectivity index (χ4n) is 3.55. The van der Waals surface area contributed by atoms with Crippen LogP contribution < -0.4 is 5.32 Å². The molecule has 0 amide bonds. The Labute approximate surface area is 94.4 Å². The van der Waals surface area contributed by atoms with E-state index in [9.17, 15) is 0 Å². The van der Waals surface area contributed by atoms with Gasteiger partial charge in [-0.3, -0.25) is 4.90 Å². The first kappa shape index (κ1) is 11.4. The van der Waals surface area contributed by atoms with Gasteiger partial charge >= 0.3 is 0 Å². The second-order valence-electron chi connectivity index (χ2n) is 6.47. The molecule has 1 aliphatic heterocycles. The molecule has 88 valence electrons. The molecule has 1 saturated heterocycles. The zero-order valence-corrected chi connectivity index (χ0v) is 10.9. The second-order valence-corrected chi connectivity index (χ2v) is 6.47. The van der Waals surface area contributed by atoms with Gasteiger partial charge in [0.1, 0.15) is 0 Å². The summed E-state index contributed by atoms with van der Waals surface area (Å²) in [7, 11) is 2.09. The summed E-state index contributed by atoms with van der Waals surface area (Å²) in [6.07, 6.45) is 2.70. The van der Waals surface area contributed by atoms with Crippen molar-refractivity contribution in [2.75, 3.05) is 20.1 Å². The molecule has 2 fully saturated rings. The van der Waals surface area contributed by atoms with E-state index in [1.54, 1.807) is 0 Å². The van der Waals surface area contributed by atoms with E-state index in [0.717, 1.165) is 6.04 Å². The zero-order valence-electron chi connectivity index (χ0n) is 10.9. The molecule has 0 bridgehead atoms. The number of hydrogen-bond donors (Lipinski definition) is 1. The van der Waals surface area contributed by atoms with Crippen molar-refractivity contribution in [3.8, 4) is 0 Å². The van der Waals surface area contributed by atoms with Gasteiger partial charge in [-0.1, -0.05) is 27.7 Å². The second kappa shape index (κ2) is 3.46. The van der Waals surface area contributed by atoms with Gasteiger partial charge < -0.3 is 5.32 Å². The van der Waals surface area contributed by atoms with Crippen molar-refractivity contribution in [3.05, 3.63) is 0 Å². The van der Waals surface area contributed by atoms with Crippen LogP contribution in [0, 0.1) is 10.8 Å². The van der Waals surface area contributed by atoms with Crippen molar-refractivity contribution in [3.63, 3.8) is 0 Å². The van der Waals surface area contributed by atoms with Crippen molar-refractivity contribution in [2.24, 2.45) is 10.8 Å². The number of likely N-dealkylation sites (tertiary alicyclic amines) is 1. The maximum Gasteiger partial charge on any atom is 0.0210 e. The molecule has 0 aromatic rings. The highest BCUT2D eigenvalue weighted by Gasteiger charge is 2.66. The van der Waals surface area contributed by atoms with Crippen molar-refractivity contribution in [1.29, 1.82) is 0 Å². The van der Waals surface area contributed by atoms with Crippen LogP contribution in [0.4, 0.5) is 0 Å². The lowest BCUT2D eigenvalue weighted by Gasteiger charge is -2.34. The van der Waals surface area contributed by atoms with E-state index < -0.39 is 0 Å². The quantitative estimate of drug-likeness (QED) is 0.751. The van der Waals surface area contributed by atoms with Crippen molar-refractivity contribution >= 4 is 0 Å². The molecule has 1 saturated carbocycles. The van der Waals surface area contributed by atoms with Gasteiger partial charge in [-0.2, -0.15) is 0 Å². The summed E-state index contributed by atoms with van der Waals surface area (Å²) in [5.74, 6) is 0. The van der Waals surface area contributed by atoms with E-state index >= 15 is 0 Å². The lowest BCUT2D eigenvalue weighted by Crippen LogP contribution is -2.46. The van der Waals surface area contributed by atoms with Crippen LogP contribution in [0.25, 0.3) is 0 Å². The summed E-state index contributed by atoms with van der Waals surface area (Å²) in [5, 5.41) is 3.43. The molecule has 1 aliphatic carbocycles. The highest BCUT2D eigenvalue weighted by atomic mass is 15.2. The van der Waals surface area contributed by atoms with Gasteiger partial charge in [-0.05, 0) is 37.3 Å². The molecule has 0 aromatic carbocycles. The molecule has 2 aliphatic rings. The zero-order chi connectivity index (χ0) is 11.3. The molecular weight excluding hydrogens is 184 g/mol. The minimum absolute atomic E-state index is 0.503. The highest BCUT2D eigenvalue weighted by Crippen LogP contribution is 2.65. The van der Waals surface area contributed by atoms with Crippen LogP contribution in [0.3, 0.4) is 0 Å². The lowest BCUT2D eigenvalue weighted by molar-refractivity contribution is 0.161. The predicted molar refractivity (Wildman–Crippen MR) is 65.0 cm³/mol. The predicted octanol–water partition coefficient (Wildman–Crippen LogP) is 2.10.